The fraction of sp³-hybridized carbons (Fsp3) is 0.700. The number of carbonyl (C=O) groups excluding carboxylic acids is 6. The fourth-order valence-electron chi connectivity index (χ4n) is 6.30. The second kappa shape index (κ2) is 26.6. The van der Waals surface area contributed by atoms with Crippen molar-refractivity contribution in [2.24, 2.45) is 11.8 Å². The molecular weight excluding hydrogens is 758 g/mol. The first-order valence-corrected chi connectivity index (χ1v) is 19.9. The number of hydrogen-bond donors (Lipinski definition) is 6. The van der Waals surface area contributed by atoms with Gasteiger partial charge in [-0.3, -0.25) is 19.2 Å². The summed E-state index contributed by atoms with van der Waals surface area (Å²) in [6.45, 7) is 8.33. The molecule has 0 aromatic heterocycles. The van der Waals surface area contributed by atoms with E-state index in [9.17, 15) is 39.0 Å². The molecule has 18 heteroatoms. The van der Waals surface area contributed by atoms with E-state index in [1.165, 1.54) is 14.0 Å². The van der Waals surface area contributed by atoms with Crippen LogP contribution >= 0.6 is 0 Å². The van der Waals surface area contributed by atoms with Crippen LogP contribution in [0, 0.1) is 11.8 Å². The average molecular weight is 824 g/mol. The number of methoxy groups -OCH3 is 2. The van der Waals surface area contributed by atoms with E-state index in [2.05, 4.69) is 21.3 Å². The zero-order valence-corrected chi connectivity index (χ0v) is 34.9. The summed E-state index contributed by atoms with van der Waals surface area (Å²) < 4.78 is 26.4. The van der Waals surface area contributed by atoms with Gasteiger partial charge in [0.05, 0.1) is 49.9 Å². The lowest BCUT2D eigenvalue weighted by atomic mass is 9.94. The summed E-state index contributed by atoms with van der Waals surface area (Å²) in [6.07, 6.45) is -1.82. The Morgan fingerprint density at radius 1 is 0.897 bits per heavy atom. The molecule has 0 saturated carbocycles. The van der Waals surface area contributed by atoms with Crippen LogP contribution in [0.1, 0.15) is 72.3 Å². The van der Waals surface area contributed by atoms with E-state index in [1.54, 1.807) is 32.8 Å². The van der Waals surface area contributed by atoms with Crippen molar-refractivity contribution in [3.05, 3.63) is 35.9 Å². The fourth-order valence-corrected chi connectivity index (χ4v) is 6.30. The molecule has 0 spiro atoms. The highest BCUT2D eigenvalue weighted by molar-refractivity contribution is 5.89. The van der Waals surface area contributed by atoms with Crippen molar-refractivity contribution in [1.29, 1.82) is 0 Å². The van der Waals surface area contributed by atoms with Gasteiger partial charge in [0.15, 0.2) is 6.29 Å². The standard InChI is InChI=1S/C40H65N5O13/c1-25(2)32(23-46)58-35(49)24-57-40(53)42-18-16-33(47)43-28(5)39(52)56-20-12-17-41-38(51)30(22-29-13-9-8-10-14-29)44-37(50)27(4)36(55-7)31-15-11-19-45(31)34(48)21-26(3)54-6/h8-10,13-14,25-28,30-32,35-36,46,49H,11-12,15-24H2,1-7H3,(H,41,51)(H,42,53)(H,43,47)(H,44,50)/t26-,27+,28-,30-,31-,32?,35?,36+/m0/s1. The number of carbonyl (C=O) groups is 6. The molecule has 1 aliphatic heterocycles. The van der Waals surface area contributed by atoms with E-state index in [4.69, 9.17) is 23.7 Å². The topological polar surface area (TPSA) is 240 Å². The number of nitrogens with one attached hydrogen (secondary N) is 4. The van der Waals surface area contributed by atoms with Crippen LogP contribution in [0.15, 0.2) is 30.3 Å². The minimum atomic E-state index is -1.44. The quantitative estimate of drug-likeness (QED) is 0.0431. The third-order valence-corrected chi connectivity index (χ3v) is 9.79. The molecule has 6 N–H and O–H groups in total. The summed E-state index contributed by atoms with van der Waals surface area (Å²) in [6, 6.07) is 7.02. The summed E-state index contributed by atoms with van der Waals surface area (Å²) in [5.41, 5.74) is 0.833. The lowest BCUT2D eigenvalue weighted by molar-refractivity contribution is -0.175. The van der Waals surface area contributed by atoms with E-state index in [-0.39, 0.29) is 76.0 Å². The van der Waals surface area contributed by atoms with Gasteiger partial charge in [-0.15, -0.1) is 0 Å². The van der Waals surface area contributed by atoms with Crippen LogP contribution in [0.3, 0.4) is 0 Å². The minimum Gasteiger partial charge on any atom is -0.464 e. The van der Waals surface area contributed by atoms with Gasteiger partial charge in [0.2, 0.25) is 23.6 Å². The highest BCUT2D eigenvalue weighted by Gasteiger charge is 2.40. The van der Waals surface area contributed by atoms with Crippen molar-refractivity contribution in [3.63, 3.8) is 0 Å². The summed E-state index contributed by atoms with van der Waals surface area (Å²) >= 11 is 0. The maximum atomic E-state index is 13.7. The Morgan fingerprint density at radius 2 is 1.60 bits per heavy atom. The van der Waals surface area contributed by atoms with Gasteiger partial charge in [0.25, 0.3) is 0 Å². The molecule has 0 radical (unpaired) electrons. The average Bonchev–Trinajstić information content (AvgIpc) is 3.68. The Morgan fingerprint density at radius 3 is 2.24 bits per heavy atom. The summed E-state index contributed by atoms with van der Waals surface area (Å²) in [5.74, 6) is -2.88. The number of rotatable bonds is 26. The van der Waals surface area contributed by atoms with Gasteiger partial charge in [-0.05, 0) is 44.6 Å². The molecule has 0 bridgehead atoms. The second-order valence-electron chi connectivity index (χ2n) is 14.7. The Bertz CT molecular complexity index is 1430. The van der Waals surface area contributed by atoms with Crippen molar-refractivity contribution in [2.75, 3.05) is 53.7 Å². The summed E-state index contributed by atoms with van der Waals surface area (Å²) in [4.78, 5) is 78.6. The van der Waals surface area contributed by atoms with Crippen LogP contribution in [0.25, 0.3) is 0 Å². The first-order valence-electron chi connectivity index (χ1n) is 19.9. The summed E-state index contributed by atoms with van der Waals surface area (Å²) in [7, 11) is 3.07. The maximum Gasteiger partial charge on any atom is 0.407 e. The van der Waals surface area contributed by atoms with Crippen LogP contribution in [0.2, 0.25) is 0 Å². The highest BCUT2D eigenvalue weighted by Crippen LogP contribution is 2.27. The third kappa shape index (κ3) is 17.6. The van der Waals surface area contributed by atoms with Gasteiger partial charge in [-0.1, -0.05) is 51.1 Å². The lowest BCUT2D eigenvalue weighted by Gasteiger charge is -2.34. The third-order valence-electron chi connectivity index (χ3n) is 9.79. The van der Waals surface area contributed by atoms with E-state index in [0.717, 1.165) is 12.0 Å². The number of alkyl carbamates (subject to hydrolysis) is 1. The van der Waals surface area contributed by atoms with Crippen LogP contribution in [-0.4, -0.2) is 147 Å². The molecule has 2 rings (SSSR count). The SMILES string of the molecule is CO[C@H]([C@@H](C)C(=O)N[C@@H](Cc1ccccc1)C(=O)NCCCOC(=O)[C@H](C)NC(=O)CCNC(=O)OCC(O)OC(CO)C(C)C)[C@@H]1CCCN1C(=O)C[C@H](C)OC. The molecule has 1 saturated heterocycles. The van der Waals surface area contributed by atoms with E-state index < -0.39 is 72.9 Å². The Labute approximate surface area is 341 Å². The predicted molar refractivity (Wildman–Crippen MR) is 211 cm³/mol. The molecule has 5 amide bonds. The van der Waals surface area contributed by atoms with Crippen LogP contribution < -0.4 is 21.3 Å². The number of aliphatic hydroxyl groups excluding tert-OH is 2. The number of amides is 5. The predicted octanol–water partition coefficient (Wildman–Crippen LogP) is 0.803. The van der Waals surface area contributed by atoms with E-state index in [0.29, 0.717) is 13.0 Å². The molecule has 58 heavy (non-hydrogen) atoms. The number of likely N-dealkylation sites (tertiary alicyclic amines) is 1. The van der Waals surface area contributed by atoms with Crippen molar-refractivity contribution in [1.82, 2.24) is 26.2 Å². The van der Waals surface area contributed by atoms with Crippen molar-refractivity contribution >= 4 is 35.7 Å². The van der Waals surface area contributed by atoms with Crippen molar-refractivity contribution in [3.8, 4) is 0 Å². The number of nitrogens with zero attached hydrogens (tertiary/aromatic N) is 1. The molecule has 328 valence electrons. The lowest BCUT2D eigenvalue weighted by Crippen LogP contribution is -2.54. The van der Waals surface area contributed by atoms with Gasteiger partial charge in [0, 0.05) is 46.7 Å². The molecule has 1 fully saturated rings. The normalized spacial score (nSPS) is 17.6. The zero-order valence-electron chi connectivity index (χ0n) is 34.9. The number of aliphatic hydroxyl groups is 2. The van der Waals surface area contributed by atoms with Crippen molar-refractivity contribution < 1.29 is 62.7 Å². The first kappa shape index (κ1) is 49.8. The summed E-state index contributed by atoms with van der Waals surface area (Å²) in [5, 5.41) is 29.6. The smallest absolute Gasteiger partial charge is 0.407 e. The Kier molecular flexibility index (Phi) is 22.8. The van der Waals surface area contributed by atoms with Crippen LogP contribution in [0.4, 0.5) is 4.79 Å². The molecule has 18 nitrogen and oxygen atoms in total. The Hall–Kier alpha value is -4.36. The molecule has 1 aromatic carbocycles. The van der Waals surface area contributed by atoms with Gasteiger partial charge in [0.1, 0.15) is 18.7 Å². The maximum absolute atomic E-state index is 13.7. The first-order chi connectivity index (χ1) is 27.6. The monoisotopic (exact) mass is 823 g/mol. The van der Waals surface area contributed by atoms with Gasteiger partial charge < -0.3 is 60.1 Å². The second-order valence-corrected chi connectivity index (χ2v) is 14.7. The van der Waals surface area contributed by atoms with Crippen molar-refractivity contribution in [2.45, 2.75) is 116 Å². The zero-order chi connectivity index (χ0) is 43.2. The molecule has 8 atom stereocenters. The molecule has 2 unspecified atom stereocenters. The van der Waals surface area contributed by atoms with Crippen LogP contribution in [-0.2, 0) is 54.1 Å². The number of esters is 1. The number of hydrogen-bond acceptors (Lipinski definition) is 13. The highest BCUT2D eigenvalue weighted by atomic mass is 16.6. The minimum absolute atomic E-state index is 0.0550. The van der Waals surface area contributed by atoms with Gasteiger partial charge >= 0.3 is 12.1 Å². The molecule has 1 heterocycles. The molecule has 0 aliphatic carbocycles. The van der Waals surface area contributed by atoms with Gasteiger partial charge in [-0.25, -0.2) is 9.59 Å². The van der Waals surface area contributed by atoms with E-state index in [1.807, 2.05) is 37.3 Å². The molecular formula is C40H65N5O13. The molecule has 1 aromatic rings. The van der Waals surface area contributed by atoms with Gasteiger partial charge in [-0.2, -0.15) is 0 Å². The van der Waals surface area contributed by atoms with Crippen LogP contribution in [0.5, 0.6) is 0 Å². The largest absolute Gasteiger partial charge is 0.464 e. The molecule has 1 aliphatic rings. The Balaban J connectivity index is 1.81. The number of ether oxygens (including phenoxy) is 5. The van der Waals surface area contributed by atoms with E-state index >= 15 is 0 Å². The number of benzene rings is 1.